The molecule has 3 rings (SSSR count). The lowest BCUT2D eigenvalue weighted by molar-refractivity contribution is 0.104. The van der Waals surface area contributed by atoms with Crippen molar-refractivity contribution in [1.29, 1.82) is 0 Å². The Balaban J connectivity index is 1.74. The average Bonchev–Trinajstić information content (AvgIpc) is 3.11. The van der Waals surface area contributed by atoms with E-state index < -0.39 is 0 Å². The van der Waals surface area contributed by atoms with Crippen molar-refractivity contribution in [2.24, 2.45) is 0 Å². The van der Waals surface area contributed by atoms with Crippen LogP contribution in [0.4, 0.5) is 0 Å². The van der Waals surface area contributed by atoms with Crippen molar-refractivity contribution in [2.75, 3.05) is 7.11 Å². The first-order valence-corrected chi connectivity index (χ1v) is 8.06. The third kappa shape index (κ3) is 3.86. The van der Waals surface area contributed by atoms with E-state index >= 15 is 0 Å². The molecule has 0 aliphatic carbocycles. The molecule has 1 heterocycles. The number of nitrogens with zero attached hydrogens (tertiary/aromatic N) is 1. The molecule has 0 aliphatic heterocycles. The Hall–Kier alpha value is -3.14. The van der Waals surface area contributed by atoms with Crippen molar-refractivity contribution in [3.05, 3.63) is 77.0 Å². The molecule has 0 spiro atoms. The van der Waals surface area contributed by atoms with Crippen molar-refractivity contribution in [2.45, 2.75) is 13.8 Å². The van der Waals surface area contributed by atoms with Crippen LogP contribution in [-0.4, -0.2) is 23.1 Å². The highest BCUT2D eigenvalue weighted by Crippen LogP contribution is 2.21. The molecule has 4 nitrogen and oxygen atoms in total. The predicted molar refractivity (Wildman–Crippen MR) is 99.9 cm³/mol. The molecule has 0 radical (unpaired) electrons. The topological polar surface area (TPSA) is 55.0 Å². The Morgan fingerprint density at radius 2 is 1.80 bits per heavy atom. The number of H-pyrrole nitrogens is 1. The molecule has 1 aromatic heterocycles. The molecule has 126 valence electrons. The third-order valence-electron chi connectivity index (χ3n) is 4.19. The van der Waals surface area contributed by atoms with Gasteiger partial charge in [-0.2, -0.15) is 5.10 Å². The van der Waals surface area contributed by atoms with Crippen molar-refractivity contribution in [3.63, 3.8) is 0 Å². The van der Waals surface area contributed by atoms with Gasteiger partial charge >= 0.3 is 0 Å². The largest absolute Gasteiger partial charge is 0.497 e. The van der Waals surface area contributed by atoms with E-state index in [0.717, 1.165) is 22.7 Å². The highest BCUT2D eigenvalue weighted by Gasteiger charge is 2.05. The van der Waals surface area contributed by atoms with Gasteiger partial charge in [0, 0.05) is 11.1 Å². The summed E-state index contributed by atoms with van der Waals surface area (Å²) in [6.07, 6.45) is 3.28. The van der Waals surface area contributed by atoms with Gasteiger partial charge in [0.25, 0.3) is 0 Å². The second-order valence-electron chi connectivity index (χ2n) is 5.93. The van der Waals surface area contributed by atoms with Crippen molar-refractivity contribution >= 4 is 11.9 Å². The lowest BCUT2D eigenvalue weighted by atomic mass is 10.0. The molecule has 0 unspecified atom stereocenters. The maximum Gasteiger partial charge on any atom is 0.185 e. The number of ether oxygens (including phenoxy) is 1. The van der Waals surface area contributed by atoms with E-state index in [1.54, 1.807) is 43.5 Å². The van der Waals surface area contributed by atoms with Crippen molar-refractivity contribution < 1.29 is 9.53 Å². The van der Waals surface area contributed by atoms with Gasteiger partial charge in [-0.15, -0.1) is 0 Å². The Kier molecular flexibility index (Phi) is 4.80. The molecule has 3 aromatic rings. The summed E-state index contributed by atoms with van der Waals surface area (Å²) in [4.78, 5) is 12.2. The van der Waals surface area contributed by atoms with Crippen LogP contribution in [0.1, 0.15) is 27.2 Å². The van der Waals surface area contributed by atoms with E-state index in [4.69, 9.17) is 4.74 Å². The van der Waals surface area contributed by atoms with E-state index in [-0.39, 0.29) is 5.78 Å². The van der Waals surface area contributed by atoms with Gasteiger partial charge in [0.15, 0.2) is 5.78 Å². The first-order chi connectivity index (χ1) is 12.1. The van der Waals surface area contributed by atoms with Gasteiger partial charge < -0.3 is 4.74 Å². The van der Waals surface area contributed by atoms with E-state index in [1.807, 2.05) is 6.07 Å². The lowest BCUT2D eigenvalue weighted by Gasteiger charge is -2.01. The summed E-state index contributed by atoms with van der Waals surface area (Å²) in [6.45, 7) is 4.17. The molecule has 1 N–H and O–H groups in total. The van der Waals surface area contributed by atoms with Gasteiger partial charge in [0.05, 0.1) is 18.5 Å². The minimum atomic E-state index is -0.0648. The number of hydrogen-bond acceptors (Lipinski definition) is 3. The van der Waals surface area contributed by atoms with E-state index in [9.17, 15) is 4.79 Å². The van der Waals surface area contributed by atoms with Crippen molar-refractivity contribution in [3.8, 4) is 17.0 Å². The second-order valence-corrected chi connectivity index (χ2v) is 5.93. The zero-order valence-corrected chi connectivity index (χ0v) is 14.5. The summed E-state index contributed by atoms with van der Waals surface area (Å²) < 4.78 is 5.10. The highest BCUT2D eigenvalue weighted by atomic mass is 16.5. The SMILES string of the molecule is COc1ccc(C(=O)/C=C/c2cc(-c3ccc(C)c(C)c3)n[nH]2)cc1. The Labute approximate surface area is 147 Å². The second kappa shape index (κ2) is 7.18. The number of carbonyl (C=O) groups excluding carboxylic acids is 1. The summed E-state index contributed by atoms with van der Waals surface area (Å²) in [5.41, 5.74) is 5.80. The molecule has 0 atom stereocenters. The lowest BCUT2D eigenvalue weighted by Crippen LogP contribution is -1.94. The summed E-state index contributed by atoms with van der Waals surface area (Å²) in [7, 11) is 1.60. The highest BCUT2D eigenvalue weighted by molar-refractivity contribution is 6.06. The minimum Gasteiger partial charge on any atom is -0.497 e. The number of methoxy groups -OCH3 is 1. The molecule has 0 aliphatic rings. The standard InChI is InChI=1S/C21H20N2O2/c1-14-4-5-17(12-15(14)2)20-13-18(22-23-20)8-11-21(24)16-6-9-19(25-3)10-7-16/h4-13H,1-3H3,(H,22,23)/b11-8+. The first-order valence-electron chi connectivity index (χ1n) is 8.06. The van der Waals surface area contributed by atoms with Gasteiger partial charge in [-0.1, -0.05) is 12.1 Å². The fourth-order valence-corrected chi connectivity index (χ4v) is 2.49. The molecule has 0 amide bonds. The number of benzene rings is 2. The molecule has 25 heavy (non-hydrogen) atoms. The van der Waals surface area contributed by atoms with Crippen LogP contribution < -0.4 is 4.74 Å². The van der Waals surface area contributed by atoms with E-state index in [1.165, 1.54) is 11.1 Å². The number of ketones is 1. The zero-order chi connectivity index (χ0) is 17.8. The van der Waals surface area contributed by atoms with Gasteiger partial charge in [0.1, 0.15) is 5.75 Å². The number of hydrogen-bond donors (Lipinski definition) is 1. The van der Waals surface area contributed by atoms with E-state index in [2.05, 4.69) is 42.2 Å². The van der Waals surface area contributed by atoms with Gasteiger partial charge in [0.2, 0.25) is 0 Å². The van der Waals surface area contributed by atoms with E-state index in [0.29, 0.717) is 5.56 Å². The summed E-state index contributed by atoms with van der Waals surface area (Å²) in [5.74, 6) is 0.664. The van der Waals surface area contributed by atoms with Crippen LogP contribution in [0.2, 0.25) is 0 Å². The molecular formula is C21H20N2O2. The van der Waals surface area contributed by atoms with Crippen LogP contribution in [0.15, 0.2) is 54.6 Å². The normalized spacial score (nSPS) is 11.0. The summed E-state index contributed by atoms with van der Waals surface area (Å²) in [5, 5.41) is 7.28. The number of aromatic amines is 1. The van der Waals surface area contributed by atoms with Crippen LogP contribution in [0, 0.1) is 13.8 Å². The number of allylic oxidation sites excluding steroid dienone is 1. The number of rotatable bonds is 5. The number of carbonyl (C=O) groups is 1. The zero-order valence-electron chi connectivity index (χ0n) is 14.5. The monoisotopic (exact) mass is 332 g/mol. The number of nitrogens with one attached hydrogen (secondary N) is 1. The fraction of sp³-hybridized carbons (Fsp3) is 0.143. The quantitative estimate of drug-likeness (QED) is 0.549. The van der Waals surface area contributed by atoms with Crippen LogP contribution in [0.3, 0.4) is 0 Å². The van der Waals surface area contributed by atoms with Crippen LogP contribution in [-0.2, 0) is 0 Å². The van der Waals surface area contributed by atoms with Gasteiger partial charge in [-0.05, 0) is 73.5 Å². The molecule has 0 saturated heterocycles. The van der Waals surface area contributed by atoms with Crippen LogP contribution in [0.25, 0.3) is 17.3 Å². The third-order valence-corrected chi connectivity index (χ3v) is 4.19. The van der Waals surface area contributed by atoms with Crippen LogP contribution in [0.5, 0.6) is 5.75 Å². The summed E-state index contributed by atoms with van der Waals surface area (Å²) >= 11 is 0. The molecule has 0 bridgehead atoms. The number of aromatic nitrogens is 2. The molecule has 0 fully saturated rings. The Morgan fingerprint density at radius 3 is 2.48 bits per heavy atom. The Morgan fingerprint density at radius 1 is 1.04 bits per heavy atom. The smallest absolute Gasteiger partial charge is 0.185 e. The van der Waals surface area contributed by atoms with Gasteiger partial charge in [-0.25, -0.2) is 0 Å². The minimum absolute atomic E-state index is 0.0648. The predicted octanol–water partition coefficient (Wildman–Crippen LogP) is 4.60. The van der Waals surface area contributed by atoms with Gasteiger partial charge in [-0.3, -0.25) is 9.89 Å². The maximum absolute atomic E-state index is 12.2. The molecule has 4 heteroatoms. The average molecular weight is 332 g/mol. The maximum atomic E-state index is 12.2. The van der Waals surface area contributed by atoms with Crippen molar-refractivity contribution in [1.82, 2.24) is 10.2 Å². The first kappa shape index (κ1) is 16.7. The Bertz CT molecular complexity index is 921. The molecular weight excluding hydrogens is 312 g/mol. The molecule has 2 aromatic carbocycles. The fourth-order valence-electron chi connectivity index (χ4n) is 2.49. The number of aryl methyl sites for hydroxylation is 2. The van der Waals surface area contributed by atoms with Crippen LogP contribution >= 0.6 is 0 Å². The molecule has 0 saturated carbocycles. The summed E-state index contributed by atoms with van der Waals surface area (Å²) in [6, 6.07) is 15.2.